The van der Waals surface area contributed by atoms with Crippen LogP contribution in [0.5, 0.6) is 0 Å². The van der Waals surface area contributed by atoms with Gasteiger partial charge in [0.1, 0.15) is 5.69 Å². The first-order valence-corrected chi connectivity index (χ1v) is 8.76. The van der Waals surface area contributed by atoms with Crippen molar-refractivity contribution in [1.82, 2.24) is 5.32 Å². The second-order valence-corrected chi connectivity index (χ2v) is 7.15. The molecule has 1 amide bonds. The van der Waals surface area contributed by atoms with Crippen LogP contribution in [0.1, 0.15) is 37.0 Å². The number of hydrogen-bond acceptors (Lipinski definition) is 6. The molecule has 27 heavy (non-hydrogen) atoms. The number of carboxylic acid groups (broad SMARTS) is 1. The van der Waals surface area contributed by atoms with Crippen molar-refractivity contribution < 1.29 is 24.4 Å². The molecule has 1 saturated heterocycles. The fourth-order valence-corrected chi connectivity index (χ4v) is 3.09. The zero-order valence-corrected chi connectivity index (χ0v) is 15.7. The van der Waals surface area contributed by atoms with Crippen LogP contribution in [0.15, 0.2) is 18.2 Å². The molecule has 2 N–H and O–H groups in total. The summed E-state index contributed by atoms with van der Waals surface area (Å²) in [5.41, 5.74) is -1.30. The molecule has 1 heterocycles. The first kappa shape index (κ1) is 20.6. The monoisotopic (exact) mass is 379 g/mol. The van der Waals surface area contributed by atoms with E-state index in [4.69, 9.17) is 4.74 Å². The Morgan fingerprint density at radius 3 is 2.56 bits per heavy atom. The van der Waals surface area contributed by atoms with E-state index in [9.17, 15) is 24.8 Å². The Morgan fingerprint density at radius 1 is 1.41 bits per heavy atom. The number of anilines is 1. The maximum absolute atomic E-state index is 12.5. The number of ether oxygens (including phenoxy) is 1. The first-order valence-electron chi connectivity index (χ1n) is 8.76. The average molecular weight is 379 g/mol. The van der Waals surface area contributed by atoms with Crippen LogP contribution in [0.25, 0.3) is 0 Å². The third-order valence-corrected chi connectivity index (χ3v) is 4.85. The highest BCUT2D eigenvalue weighted by Gasteiger charge is 2.36. The number of carboxylic acids is 1. The predicted molar refractivity (Wildman–Crippen MR) is 99.1 cm³/mol. The lowest BCUT2D eigenvalue weighted by Crippen LogP contribution is -2.55. The lowest BCUT2D eigenvalue weighted by Gasteiger charge is -2.31. The highest BCUT2D eigenvalue weighted by atomic mass is 16.6. The number of methoxy groups -OCH3 is 1. The fourth-order valence-electron chi connectivity index (χ4n) is 3.09. The van der Waals surface area contributed by atoms with Crippen molar-refractivity contribution in [2.24, 2.45) is 5.92 Å². The zero-order chi connectivity index (χ0) is 20.2. The molecular formula is C18H25N3O6. The molecule has 0 aliphatic carbocycles. The molecule has 1 unspecified atom stereocenters. The van der Waals surface area contributed by atoms with Crippen LogP contribution in [0, 0.1) is 16.0 Å². The highest BCUT2D eigenvalue weighted by Crippen LogP contribution is 2.32. The molecule has 1 fully saturated rings. The molecule has 1 aromatic carbocycles. The van der Waals surface area contributed by atoms with Crippen molar-refractivity contribution in [1.29, 1.82) is 0 Å². The van der Waals surface area contributed by atoms with Gasteiger partial charge in [-0.1, -0.05) is 6.92 Å². The number of nitro groups is 1. The lowest BCUT2D eigenvalue weighted by molar-refractivity contribution is -0.384. The summed E-state index contributed by atoms with van der Waals surface area (Å²) in [6, 6.07) is 4.22. The quantitative estimate of drug-likeness (QED) is 0.549. The largest absolute Gasteiger partial charge is 0.479 e. The van der Waals surface area contributed by atoms with E-state index in [1.165, 1.54) is 26.2 Å². The van der Waals surface area contributed by atoms with Gasteiger partial charge in [0.15, 0.2) is 5.54 Å². The van der Waals surface area contributed by atoms with E-state index in [1.807, 2.05) is 4.90 Å². The van der Waals surface area contributed by atoms with Gasteiger partial charge in [-0.25, -0.2) is 4.79 Å². The number of nitro benzene ring substituents is 1. The minimum absolute atomic E-state index is 0.0272. The van der Waals surface area contributed by atoms with Crippen molar-refractivity contribution in [3.63, 3.8) is 0 Å². The molecule has 148 valence electrons. The molecule has 0 radical (unpaired) electrons. The Bertz CT molecular complexity index is 730. The highest BCUT2D eigenvalue weighted by molar-refractivity contribution is 5.99. The minimum atomic E-state index is -1.64. The zero-order valence-electron chi connectivity index (χ0n) is 15.7. The molecule has 9 nitrogen and oxygen atoms in total. The molecule has 0 spiro atoms. The number of benzene rings is 1. The Labute approximate surface area is 157 Å². The molecular weight excluding hydrogens is 354 g/mol. The van der Waals surface area contributed by atoms with Crippen LogP contribution in [-0.2, 0) is 9.53 Å². The Kier molecular flexibility index (Phi) is 6.37. The lowest BCUT2D eigenvalue weighted by atomic mass is 9.98. The Hall–Kier alpha value is -2.68. The van der Waals surface area contributed by atoms with Gasteiger partial charge in [-0.15, -0.1) is 0 Å². The Morgan fingerprint density at radius 2 is 2.04 bits per heavy atom. The summed E-state index contributed by atoms with van der Waals surface area (Å²) >= 11 is 0. The number of aliphatic carboxylic acids is 1. The van der Waals surface area contributed by atoms with Gasteiger partial charge < -0.3 is 20.1 Å². The summed E-state index contributed by atoms with van der Waals surface area (Å²) in [5.74, 6) is -1.38. The normalized spacial score (nSPS) is 17.2. The van der Waals surface area contributed by atoms with Crippen LogP contribution >= 0.6 is 0 Å². The van der Waals surface area contributed by atoms with Gasteiger partial charge in [0.2, 0.25) is 0 Å². The van der Waals surface area contributed by atoms with Gasteiger partial charge in [0.05, 0.1) is 11.5 Å². The van der Waals surface area contributed by atoms with Crippen molar-refractivity contribution in [3.05, 3.63) is 33.9 Å². The summed E-state index contributed by atoms with van der Waals surface area (Å²) in [4.78, 5) is 36.9. The molecule has 1 aliphatic rings. The molecule has 1 aromatic rings. The van der Waals surface area contributed by atoms with Gasteiger partial charge in [0.25, 0.3) is 11.6 Å². The third-order valence-electron chi connectivity index (χ3n) is 4.85. The number of hydrogen-bond donors (Lipinski definition) is 2. The van der Waals surface area contributed by atoms with E-state index in [-0.39, 0.29) is 17.9 Å². The first-order chi connectivity index (χ1) is 12.7. The van der Waals surface area contributed by atoms with Crippen LogP contribution in [0.3, 0.4) is 0 Å². The molecule has 0 saturated carbocycles. The van der Waals surface area contributed by atoms with E-state index in [2.05, 4.69) is 12.2 Å². The minimum Gasteiger partial charge on any atom is -0.479 e. The summed E-state index contributed by atoms with van der Waals surface area (Å²) < 4.78 is 4.86. The molecule has 1 aliphatic heterocycles. The number of amides is 1. The molecule has 2 rings (SSSR count). The van der Waals surface area contributed by atoms with E-state index in [1.54, 1.807) is 6.07 Å². The molecule has 9 heteroatoms. The third kappa shape index (κ3) is 4.73. The number of carbonyl (C=O) groups is 2. The van der Waals surface area contributed by atoms with E-state index in [0.717, 1.165) is 25.9 Å². The van der Waals surface area contributed by atoms with Gasteiger partial charge in [0, 0.05) is 31.8 Å². The van der Waals surface area contributed by atoms with Gasteiger partial charge in [-0.3, -0.25) is 14.9 Å². The van der Waals surface area contributed by atoms with Crippen LogP contribution in [-0.4, -0.2) is 54.3 Å². The standard InChI is InChI=1S/C18H25N3O6/c1-12-6-8-20(9-7-12)14-5-4-13(10-15(14)21(25)26)16(22)19-18(2,11-27-3)17(23)24/h4-5,10,12H,6-9,11H2,1-3H3,(H,19,22)(H,23,24). The van der Waals surface area contributed by atoms with Crippen molar-refractivity contribution in [3.8, 4) is 0 Å². The van der Waals surface area contributed by atoms with Crippen molar-refractivity contribution in [2.75, 3.05) is 31.7 Å². The molecule has 1 atom stereocenters. The van der Waals surface area contributed by atoms with Crippen LogP contribution in [0.4, 0.5) is 11.4 Å². The predicted octanol–water partition coefficient (Wildman–Crippen LogP) is 2.05. The van der Waals surface area contributed by atoms with Crippen LogP contribution in [0.2, 0.25) is 0 Å². The number of carbonyl (C=O) groups excluding carboxylic acids is 1. The number of piperidine rings is 1. The molecule has 0 aromatic heterocycles. The summed E-state index contributed by atoms with van der Waals surface area (Å²) in [7, 11) is 1.33. The van der Waals surface area contributed by atoms with E-state index >= 15 is 0 Å². The summed E-state index contributed by atoms with van der Waals surface area (Å²) in [6.07, 6.45) is 1.90. The topological polar surface area (TPSA) is 122 Å². The van der Waals surface area contributed by atoms with E-state index < -0.39 is 22.3 Å². The smallest absolute Gasteiger partial charge is 0.331 e. The van der Waals surface area contributed by atoms with Crippen molar-refractivity contribution in [2.45, 2.75) is 32.2 Å². The second-order valence-electron chi connectivity index (χ2n) is 7.15. The average Bonchev–Trinajstić information content (AvgIpc) is 2.61. The maximum atomic E-state index is 12.5. The number of rotatable bonds is 7. The fraction of sp³-hybridized carbons (Fsp3) is 0.556. The molecule has 0 bridgehead atoms. The van der Waals surface area contributed by atoms with Crippen LogP contribution < -0.4 is 10.2 Å². The number of nitrogens with zero attached hydrogens (tertiary/aromatic N) is 2. The van der Waals surface area contributed by atoms with Gasteiger partial charge in [-0.2, -0.15) is 0 Å². The SMILES string of the molecule is COCC(C)(NC(=O)c1ccc(N2CCC(C)CC2)c([N+](=O)[O-])c1)C(=O)O. The van der Waals surface area contributed by atoms with E-state index in [0.29, 0.717) is 11.6 Å². The van der Waals surface area contributed by atoms with Gasteiger partial charge >= 0.3 is 5.97 Å². The Balaban J connectivity index is 2.28. The maximum Gasteiger partial charge on any atom is 0.331 e. The van der Waals surface area contributed by atoms with Crippen molar-refractivity contribution >= 4 is 23.3 Å². The van der Waals surface area contributed by atoms with Gasteiger partial charge in [-0.05, 0) is 37.8 Å². The summed E-state index contributed by atoms with van der Waals surface area (Å²) in [5, 5.41) is 23.2. The number of nitrogens with one attached hydrogen (secondary N) is 1. The second kappa shape index (κ2) is 8.34. The summed E-state index contributed by atoms with van der Waals surface area (Å²) in [6.45, 7) is 4.67.